The summed E-state index contributed by atoms with van der Waals surface area (Å²) in [5.41, 5.74) is 0.220. The van der Waals surface area contributed by atoms with Crippen molar-refractivity contribution in [1.82, 2.24) is 5.32 Å². The average Bonchev–Trinajstić information content (AvgIpc) is 1.74. The minimum atomic E-state index is -0.205. The molecule has 0 spiro atoms. The van der Waals surface area contributed by atoms with Gasteiger partial charge in [0.1, 0.15) is 0 Å². The number of rotatable bonds is 2. The van der Waals surface area contributed by atoms with Crippen LogP contribution in [0, 0.1) is 5.92 Å². The molecule has 1 heterocycles. The van der Waals surface area contributed by atoms with Gasteiger partial charge in [-0.3, -0.25) is 4.79 Å². The Morgan fingerprint density at radius 2 is 1.67 bits per heavy atom. The first-order valence-electron chi connectivity index (χ1n) is 5.18. The van der Waals surface area contributed by atoms with Gasteiger partial charge < -0.3 is 5.32 Å². The highest BCUT2D eigenvalue weighted by atomic mass is 35.5. The van der Waals surface area contributed by atoms with Gasteiger partial charge in [0.2, 0.25) is 5.24 Å². The number of carbonyl (C=O) groups excluding carboxylic acids is 1. The van der Waals surface area contributed by atoms with Gasteiger partial charge in [-0.15, -0.1) is 12.4 Å². The molecule has 0 bridgehead atoms. The van der Waals surface area contributed by atoms with E-state index in [0.717, 1.165) is 12.8 Å². The molecule has 0 radical (unpaired) electrons. The van der Waals surface area contributed by atoms with E-state index in [4.69, 9.17) is 11.6 Å². The predicted octanol–water partition coefficient (Wildman–Crippen LogP) is 3.12. The highest BCUT2D eigenvalue weighted by molar-refractivity contribution is 6.63. The van der Waals surface area contributed by atoms with Gasteiger partial charge in [0, 0.05) is 17.5 Å². The molecule has 1 aliphatic rings. The maximum absolute atomic E-state index is 10.9. The molecule has 1 aliphatic heterocycles. The Bertz CT molecular complexity index is 223. The van der Waals surface area contributed by atoms with Crippen molar-refractivity contribution >= 4 is 29.3 Å². The van der Waals surface area contributed by atoms with Crippen LogP contribution < -0.4 is 5.32 Å². The van der Waals surface area contributed by atoms with Crippen LogP contribution in [0.25, 0.3) is 0 Å². The minimum Gasteiger partial charge on any atom is -0.307 e. The summed E-state index contributed by atoms with van der Waals surface area (Å²) < 4.78 is 0. The summed E-state index contributed by atoms with van der Waals surface area (Å²) in [6.45, 7) is 8.72. The van der Waals surface area contributed by atoms with E-state index in [0.29, 0.717) is 12.3 Å². The maximum atomic E-state index is 10.9. The van der Waals surface area contributed by atoms with E-state index in [1.807, 2.05) is 0 Å². The van der Waals surface area contributed by atoms with E-state index >= 15 is 0 Å². The van der Waals surface area contributed by atoms with Gasteiger partial charge in [-0.2, -0.15) is 0 Å². The van der Waals surface area contributed by atoms with Crippen molar-refractivity contribution in [2.75, 3.05) is 0 Å². The first kappa shape index (κ1) is 15.2. The molecule has 2 nitrogen and oxygen atoms in total. The number of hydrogen-bond acceptors (Lipinski definition) is 2. The van der Waals surface area contributed by atoms with Crippen LogP contribution >= 0.6 is 24.0 Å². The molecule has 0 atom stereocenters. The first-order chi connectivity index (χ1) is 6.20. The molecule has 0 amide bonds. The van der Waals surface area contributed by atoms with Gasteiger partial charge in [-0.1, -0.05) is 0 Å². The highest BCUT2D eigenvalue weighted by Crippen LogP contribution is 2.34. The molecule has 0 aromatic rings. The van der Waals surface area contributed by atoms with Crippen molar-refractivity contribution in [1.29, 1.82) is 0 Å². The number of piperidine rings is 1. The van der Waals surface area contributed by atoms with Gasteiger partial charge >= 0.3 is 0 Å². The van der Waals surface area contributed by atoms with Crippen molar-refractivity contribution in [3.05, 3.63) is 0 Å². The van der Waals surface area contributed by atoms with Crippen LogP contribution in [0.4, 0.5) is 0 Å². The predicted molar refractivity (Wildman–Crippen MR) is 66.7 cm³/mol. The van der Waals surface area contributed by atoms with E-state index in [1.54, 1.807) is 0 Å². The van der Waals surface area contributed by atoms with E-state index in [-0.39, 0.29) is 28.7 Å². The summed E-state index contributed by atoms with van der Waals surface area (Å²) in [4.78, 5) is 10.9. The highest BCUT2D eigenvalue weighted by Gasteiger charge is 2.37. The number of hydrogen-bond donors (Lipinski definition) is 1. The molecule has 1 rings (SSSR count). The molecular weight excluding hydrogens is 233 g/mol. The quantitative estimate of drug-likeness (QED) is 0.767. The van der Waals surface area contributed by atoms with Crippen molar-refractivity contribution < 1.29 is 4.79 Å². The zero-order valence-electron chi connectivity index (χ0n) is 9.89. The van der Waals surface area contributed by atoms with Crippen LogP contribution in [0.5, 0.6) is 0 Å². The van der Waals surface area contributed by atoms with Crippen molar-refractivity contribution in [2.45, 2.75) is 58.0 Å². The average molecular weight is 254 g/mol. The van der Waals surface area contributed by atoms with Gasteiger partial charge in [0.25, 0.3) is 0 Å². The Balaban J connectivity index is 0.00000196. The maximum Gasteiger partial charge on any atom is 0.221 e. The van der Waals surface area contributed by atoms with Gasteiger partial charge in [-0.05, 0) is 58.1 Å². The third kappa shape index (κ3) is 5.19. The summed E-state index contributed by atoms with van der Waals surface area (Å²) in [5.74, 6) is 0.422. The Morgan fingerprint density at radius 1 is 1.27 bits per heavy atom. The number of carbonyl (C=O) groups is 1. The minimum absolute atomic E-state index is 0. The fourth-order valence-electron chi connectivity index (χ4n) is 2.90. The molecular formula is C11H21Cl2NO. The number of nitrogens with one attached hydrogen (secondary N) is 1. The Morgan fingerprint density at radius 3 is 2.00 bits per heavy atom. The summed E-state index contributed by atoms with van der Waals surface area (Å²) in [7, 11) is 0. The van der Waals surface area contributed by atoms with Gasteiger partial charge in [-0.25, -0.2) is 0 Å². The van der Waals surface area contributed by atoms with Gasteiger partial charge in [0.05, 0.1) is 0 Å². The van der Waals surface area contributed by atoms with E-state index in [9.17, 15) is 4.79 Å². The normalized spacial score (nSPS) is 24.3. The molecule has 4 heteroatoms. The second-order valence-corrected chi connectivity index (χ2v) is 6.15. The molecule has 0 aromatic heterocycles. The largest absolute Gasteiger partial charge is 0.307 e. The van der Waals surface area contributed by atoms with E-state index < -0.39 is 0 Å². The van der Waals surface area contributed by atoms with Crippen LogP contribution in [-0.4, -0.2) is 16.3 Å². The summed E-state index contributed by atoms with van der Waals surface area (Å²) >= 11 is 5.44. The van der Waals surface area contributed by atoms with Crippen LogP contribution in [0.1, 0.15) is 47.0 Å². The second-order valence-electron chi connectivity index (χ2n) is 5.73. The monoisotopic (exact) mass is 253 g/mol. The molecule has 0 saturated carbocycles. The topological polar surface area (TPSA) is 29.1 Å². The summed E-state index contributed by atoms with van der Waals surface area (Å²) in [6, 6.07) is 0. The molecule has 0 aromatic carbocycles. The Kier molecular flexibility index (Phi) is 5.10. The molecule has 1 fully saturated rings. The number of halogens is 2. The third-order valence-corrected chi connectivity index (χ3v) is 2.88. The zero-order chi connectivity index (χ0) is 11.0. The lowest BCUT2D eigenvalue weighted by Crippen LogP contribution is -2.57. The van der Waals surface area contributed by atoms with Crippen LogP contribution in [-0.2, 0) is 4.79 Å². The third-order valence-electron chi connectivity index (χ3n) is 2.72. The molecule has 0 unspecified atom stereocenters. The van der Waals surface area contributed by atoms with Crippen molar-refractivity contribution in [3.63, 3.8) is 0 Å². The summed E-state index contributed by atoms with van der Waals surface area (Å²) in [6.07, 6.45) is 2.56. The zero-order valence-corrected chi connectivity index (χ0v) is 11.5. The fourth-order valence-corrected chi connectivity index (χ4v) is 3.12. The lowest BCUT2D eigenvalue weighted by Gasteiger charge is -2.46. The molecule has 15 heavy (non-hydrogen) atoms. The summed E-state index contributed by atoms with van der Waals surface area (Å²) in [5, 5.41) is 3.38. The fraction of sp³-hybridized carbons (Fsp3) is 0.909. The first-order valence-corrected chi connectivity index (χ1v) is 5.56. The van der Waals surface area contributed by atoms with Gasteiger partial charge in [0.15, 0.2) is 0 Å². The molecule has 1 saturated heterocycles. The van der Waals surface area contributed by atoms with E-state index in [2.05, 4.69) is 33.0 Å². The van der Waals surface area contributed by atoms with Crippen LogP contribution in [0.3, 0.4) is 0 Å². The lowest BCUT2D eigenvalue weighted by atomic mass is 9.75. The Labute approximate surface area is 104 Å². The van der Waals surface area contributed by atoms with Crippen LogP contribution in [0.15, 0.2) is 0 Å². The Hall–Kier alpha value is 0.210. The van der Waals surface area contributed by atoms with Crippen molar-refractivity contribution in [3.8, 4) is 0 Å². The van der Waals surface area contributed by atoms with Crippen molar-refractivity contribution in [2.24, 2.45) is 5.92 Å². The lowest BCUT2D eigenvalue weighted by molar-refractivity contribution is -0.113. The smallest absolute Gasteiger partial charge is 0.221 e. The van der Waals surface area contributed by atoms with E-state index in [1.165, 1.54) is 0 Å². The van der Waals surface area contributed by atoms with Crippen LogP contribution in [0.2, 0.25) is 0 Å². The molecule has 90 valence electrons. The molecule has 1 N–H and O–H groups in total. The SMILES string of the molecule is CC1(C)CC(CC(=O)Cl)CC(C)(C)N1.Cl. The second kappa shape index (κ2) is 5.03. The standard InChI is InChI=1S/C11H20ClNO.ClH/c1-10(2)6-8(5-9(12)14)7-11(3,4)13-10;/h8,13H,5-7H2,1-4H3;1H. The molecule has 0 aliphatic carbocycles.